The zero-order valence-electron chi connectivity index (χ0n) is 37.2. The Morgan fingerprint density at radius 2 is 1.81 bits per heavy atom. The van der Waals surface area contributed by atoms with E-state index in [1.54, 1.807) is 31.3 Å². The molecule has 0 bridgehead atoms. The van der Waals surface area contributed by atoms with Crippen molar-refractivity contribution in [1.82, 2.24) is 35.6 Å². The fraction of sp³-hybridized carbons (Fsp3) is 0.413. The third kappa shape index (κ3) is 10.4. The highest BCUT2D eigenvalue weighted by Gasteiger charge is 2.50. The quantitative estimate of drug-likeness (QED) is 0.0669. The zero-order chi connectivity index (χ0) is 49.5. The molecule has 19 nitrogen and oxygen atoms in total. The maximum atomic E-state index is 14.5. The summed E-state index contributed by atoms with van der Waals surface area (Å²) >= 11 is 6.90. The molecular formula is C46H50ClF2N8O11P. The van der Waals surface area contributed by atoms with Crippen LogP contribution in [0.25, 0.3) is 10.9 Å². The van der Waals surface area contributed by atoms with E-state index in [0.29, 0.717) is 54.1 Å². The molecule has 3 aromatic carbocycles. The van der Waals surface area contributed by atoms with Crippen LogP contribution >= 0.6 is 19.2 Å². The molecule has 3 fully saturated rings. The molecule has 5 atom stereocenters. The van der Waals surface area contributed by atoms with Crippen LogP contribution in [0.1, 0.15) is 88.0 Å². The van der Waals surface area contributed by atoms with Crippen molar-refractivity contribution >= 4 is 71.4 Å². The van der Waals surface area contributed by atoms with E-state index >= 15 is 0 Å². The van der Waals surface area contributed by atoms with E-state index in [2.05, 4.69) is 20.9 Å². The van der Waals surface area contributed by atoms with Gasteiger partial charge in [-0.1, -0.05) is 41.9 Å². The predicted molar refractivity (Wildman–Crippen MR) is 244 cm³/mol. The van der Waals surface area contributed by atoms with Gasteiger partial charge in [0.05, 0.1) is 11.1 Å². The van der Waals surface area contributed by atoms with Gasteiger partial charge < -0.3 is 50.6 Å². The number of amides is 7. The highest BCUT2D eigenvalue weighted by Crippen LogP contribution is 2.59. The molecule has 0 radical (unpaired) electrons. The number of rotatable bonds is 15. The molecule has 5 heterocycles. The van der Waals surface area contributed by atoms with Crippen molar-refractivity contribution in [2.24, 2.45) is 5.73 Å². The molecule has 0 aliphatic carbocycles. The number of aromatic nitrogens is 1. The minimum absolute atomic E-state index is 0.0745. The van der Waals surface area contributed by atoms with Crippen molar-refractivity contribution in [2.75, 3.05) is 26.7 Å². The van der Waals surface area contributed by atoms with E-state index in [1.807, 2.05) is 17.0 Å². The number of nitrogens with zero attached hydrogens (tertiary/aromatic N) is 3. The first-order valence-electron chi connectivity index (χ1n) is 22.3. The van der Waals surface area contributed by atoms with Crippen LogP contribution in [0.2, 0.25) is 5.02 Å². The van der Waals surface area contributed by atoms with Gasteiger partial charge >= 0.3 is 13.3 Å². The molecule has 1 unspecified atom stereocenters. The standard InChI is InChI=1S/C46H50ClF2N8O11P/c1-55-16-15-30-8-11-36(57(30)45(64)34(22-55)53-41(60)33-20-26-19-28(6-10-32(26)52-33)46(48,49)69(65,66)67)43(62)51-29(7-13-38(50)58)23-68-37-4-2-3-25(40(37)47)17-24-5-9-31-27(18-24)21-56(44(31)63)35-12-14-39(59)54-42(35)61/h2-6,9-10,18-20,29-30,34-36,52H,7-8,11-17,21-23H2,1H3,(H2,50,58)(H,51,62)(H,53,60)(H,54,59,61)(H2,65,66,67)/t29-,30+,34-,35?,36-/m0/s1. The minimum atomic E-state index is -5.85. The van der Waals surface area contributed by atoms with Gasteiger partial charge in [0, 0.05) is 54.0 Å². The smallest absolute Gasteiger partial charge is 0.399 e. The second-order valence-corrected chi connectivity index (χ2v) is 20.0. The van der Waals surface area contributed by atoms with Gasteiger partial charge in [-0.05, 0) is 99.1 Å². The van der Waals surface area contributed by atoms with Crippen LogP contribution in [0.4, 0.5) is 8.78 Å². The van der Waals surface area contributed by atoms with Crippen molar-refractivity contribution in [3.63, 3.8) is 0 Å². The van der Waals surface area contributed by atoms with Gasteiger partial charge in [-0.2, -0.15) is 8.78 Å². The van der Waals surface area contributed by atoms with Crippen molar-refractivity contribution in [1.29, 1.82) is 0 Å². The number of hydrogen-bond acceptors (Lipinski definition) is 10. The number of aromatic amines is 1. The number of piperidine rings is 1. The van der Waals surface area contributed by atoms with Crippen LogP contribution < -0.4 is 26.4 Å². The summed E-state index contributed by atoms with van der Waals surface area (Å²) in [6, 6.07) is 10.8. The van der Waals surface area contributed by atoms with Crippen molar-refractivity contribution in [2.45, 2.75) is 93.8 Å². The molecule has 0 saturated carbocycles. The Morgan fingerprint density at radius 1 is 1.03 bits per heavy atom. The molecule has 23 heteroatoms. The second kappa shape index (κ2) is 19.6. The van der Waals surface area contributed by atoms with Gasteiger partial charge in [-0.15, -0.1) is 0 Å². The van der Waals surface area contributed by atoms with Crippen molar-refractivity contribution in [3.8, 4) is 5.75 Å². The summed E-state index contributed by atoms with van der Waals surface area (Å²) in [6.07, 6.45) is 2.09. The number of nitrogens with two attached hydrogens (primary N) is 1. The monoisotopic (exact) mass is 994 g/mol. The molecule has 4 aliphatic rings. The molecule has 69 heavy (non-hydrogen) atoms. The molecule has 3 saturated heterocycles. The summed E-state index contributed by atoms with van der Waals surface area (Å²) in [5.41, 5.74) is 2.97. The Hall–Kier alpha value is -6.25. The number of hydrogen-bond donors (Lipinski definition) is 7. The van der Waals surface area contributed by atoms with Gasteiger partial charge in [0.2, 0.25) is 29.5 Å². The molecule has 8 N–H and O–H groups in total. The number of likely N-dealkylation sites (N-methyl/N-ethyl adjacent to an activating group) is 1. The SMILES string of the molecule is CN1CC[C@H]2CC[C@@H](C(=O)N[C@@H](CCC(N)=O)COc3cccc(Cc4ccc5c(c4)CN(C4CCC(=O)NC4=O)C5=O)c3Cl)N2C(=O)[C@@H](NC(=O)c2cc3cc(C(F)(F)P(=O)(O)O)ccc3[nH]2)C1. The number of H-pyrrole nitrogens is 1. The number of carbonyl (C=O) groups excluding carboxylic acids is 7. The Kier molecular flexibility index (Phi) is 14.0. The lowest BCUT2D eigenvalue weighted by Gasteiger charge is -2.38. The summed E-state index contributed by atoms with van der Waals surface area (Å²) < 4.78 is 46.6. The summed E-state index contributed by atoms with van der Waals surface area (Å²) in [5.74, 6) is -3.25. The summed E-state index contributed by atoms with van der Waals surface area (Å²) in [7, 11) is -4.06. The zero-order valence-corrected chi connectivity index (χ0v) is 38.9. The molecule has 1 aromatic heterocycles. The van der Waals surface area contributed by atoms with E-state index in [4.69, 9.17) is 22.1 Å². The summed E-state index contributed by atoms with van der Waals surface area (Å²) in [5, 5.41) is 8.34. The first-order chi connectivity index (χ1) is 32.7. The predicted octanol–water partition coefficient (Wildman–Crippen LogP) is 3.02. The van der Waals surface area contributed by atoms with Gasteiger partial charge in [-0.3, -0.25) is 43.4 Å². The van der Waals surface area contributed by atoms with E-state index in [9.17, 15) is 56.7 Å². The van der Waals surface area contributed by atoms with E-state index in [-0.39, 0.29) is 79.8 Å². The lowest BCUT2D eigenvalue weighted by atomic mass is 10.00. The van der Waals surface area contributed by atoms with Crippen LogP contribution in [-0.4, -0.2) is 128 Å². The van der Waals surface area contributed by atoms with Crippen LogP contribution in [-0.2, 0) is 47.2 Å². The van der Waals surface area contributed by atoms with Gasteiger partial charge in [0.1, 0.15) is 36.2 Å². The number of ether oxygens (including phenoxy) is 1. The molecule has 7 amide bonds. The van der Waals surface area contributed by atoms with E-state index < -0.39 is 72.5 Å². The average Bonchev–Trinajstić information content (AvgIpc) is 4.01. The Balaban J connectivity index is 0.929. The van der Waals surface area contributed by atoms with E-state index in [1.165, 1.54) is 15.9 Å². The Morgan fingerprint density at radius 3 is 2.55 bits per heavy atom. The number of primary amides is 1. The van der Waals surface area contributed by atoms with Crippen LogP contribution in [0.3, 0.4) is 0 Å². The van der Waals surface area contributed by atoms with Crippen molar-refractivity contribution < 1.29 is 61.4 Å². The third-order valence-corrected chi connectivity index (χ3v) is 14.6. The van der Waals surface area contributed by atoms with Crippen LogP contribution in [0, 0.1) is 0 Å². The maximum Gasteiger partial charge on any atom is 0.399 e. The van der Waals surface area contributed by atoms with Crippen LogP contribution in [0.5, 0.6) is 5.75 Å². The molecule has 4 aliphatic heterocycles. The number of fused-ring (bicyclic) bond motifs is 3. The number of nitrogens with one attached hydrogen (secondary N) is 4. The van der Waals surface area contributed by atoms with Crippen molar-refractivity contribution in [3.05, 3.63) is 99.2 Å². The largest absolute Gasteiger partial charge is 0.490 e. The third-order valence-electron chi connectivity index (χ3n) is 13.1. The van der Waals surface area contributed by atoms with Crippen LogP contribution in [0.15, 0.2) is 60.7 Å². The first kappa shape index (κ1) is 49.2. The average molecular weight is 995 g/mol. The highest BCUT2D eigenvalue weighted by atomic mass is 35.5. The fourth-order valence-electron chi connectivity index (χ4n) is 9.50. The summed E-state index contributed by atoms with van der Waals surface area (Å²) in [4.78, 5) is 118. The molecule has 366 valence electrons. The molecular weight excluding hydrogens is 945 g/mol. The number of alkyl halides is 2. The minimum Gasteiger partial charge on any atom is -0.490 e. The highest BCUT2D eigenvalue weighted by molar-refractivity contribution is 7.52. The van der Waals surface area contributed by atoms with Gasteiger partial charge in [0.25, 0.3) is 11.8 Å². The number of benzene rings is 3. The molecule has 4 aromatic rings. The first-order valence-corrected chi connectivity index (χ1v) is 24.3. The van der Waals surface area contributed by atoms with Gasteiger partial charge in [0.15, 0.2) is 0 Å². The van der Waals surface area contributed by atoms with Gasteiger partial charge in [-0.25, -0.2) is 0 Å². The Labute approximate surface area is 398 Å². The number of carbonyl (C=O) groups is 7. The fourth-order valence-corrected chi connectivity index (χ4v) is 10.2. The second-order valence-electron chi connectivity index (χ2n) is 18.0. The molecule has 0 spiro atoms. The maximum absolute atomic E-state index is 14.5. The molecule has 8 rings (SSSR count). The Bertz CT molecular complexity index is 2800. The summed E-state index contributed by atoms with van der Waals surface area (Å²) in [6.45, 7) is 0.686. The normalized spacial score (nSPS) is 21.6. The van der Waals surface area contributed by atoms with E-state index in [0.717, 1.165) is 29.3 Å². The lowest BCUT2D eigenvalue weighted by molar-refractivity contribution is -0.143. The topological polar surface area (TPSA) is 274 Å². The lowest BCUT2D eigenvalue weighted by Crippen LogP contribution is -2.60. The number of halogens is 3. The number of imide groups is 1.